The lowest BCUT2D eigenvalue weighted by molar-refractivity contribution is -0.121. The van der Waals surface area contributed by atoms with Gasteiger partial charge in [-0.1, -0.05) is 22.9 Å². The number of hydrogen-bond acceptors (Lipinski definition) is 5. The SMILES string of the molecule is CCN1CCN(CCCNC2CC(=O)N(c3ccc(Br)cc3)C2=O)CC1. The first kappa shape index (κ1) is 19.5. The summed E-state index contributed by atoms with van der Waals surface area (Å²) in [7, 11) is 0. The van der Waals surface area contributed by atoms with Gasteiger partial charge < -0.3 is 15.1 Å². The Hall–Kier alpha value is -1.28. The van der Waals surface area contributed by atoms with E-state index in [2.05, 4.69) is 38.0 Å². The molecule has 0 radical (unpaired) electrons. The maximum Gasteiger partial charge on any atom is 0.251 e. The second kappa shape index (κ2) is 9.08. The predicted octanol–water partition coefficient (Wildman–Crippen LogP) is 1.70. The average molecular weight is 423 g/mol. The van der Waals surface area contributed by atoms with Crippen LogP contribution in [0.1, 0.15) is 19.8 Å². The molecular formula is C19H27BrN4O2. The van der Waals surface area contributed by atoms with Gasteiger partial charge in [0.25, 0.3) is 5.91 Å². The van der Waals surface area contributed by atoms with Gasteiger partial charge in [-0.05, 0) is 50.3 Å². The van der Waals surface area contributed by atoms with Gasteiger partial charge in [-0.25, -0.2) is 4.90 Å². The molecule has 6 nitrogen and oxygen atoms in total. The third-order valence-electron chi connectivity index (χ3n) is 5.19. The topological polar surface area (TPSA) is 55.9 Å². The second-order valence-electron chi connectivity index (χ2n) is 6.88. The van der Waals surface area contributed by atoms with Crippen LogP contribution < -0.4 is 10.2 Å². The summed E-state index contributed by atoms with van der Waals surface area (Å²) in [6.07, 6.45) is 1.23. The number of hydrogen-bond donors (Lipinski definition) is 1. The summed E-state index contributed by atoms with van der Waals surface area (Å²) in [6.45, 7) is 9.64. The lowest BCUT2D eigenvalue weighted by atomic mass is 10.2. The Bertz CT molecular complexity index is 629. The average Bonchev–Trinajstić information content (AvgIpc) is 2.94. The maximum atomic E-state index is 12.6. The van der Waals surface area contributed by atoms with E-state index in [9.17, 15) is 9.59 Å². The highest BCUT2D eigenvalue weighted by Gasteiger charge is 2.39. The highest BCUT2D eigenvalue weighted by atomic mass is 79.9. The number of carbonyl (C=O) groups excluding carboxylic acids is 2. The minimum absolute atomic E-state index is 0.134. The zero-order chi connectivity index (χ0) is 18.5. The molecule has 2 fully saturated rings. The molecule has 1 N–H and O–H groups in total. The van der Waals surface area contributed by atoms with Crippen molar-refractivity contribution in [2.24, 2.45) is 0 Å². The zero-order valence-electron chi connectivity index (χ0n) is 15.3. The Kier molecular flexibility index (Phi) is 6.80. The van der Waals surface area contributed by atoms with E-state index >= 15 is 0 Å². The van der Waals surface area contributed by atoms with Crippen LogP contribution >= 0.6 is 15.9 Å². The second-order valence-corrected chi connectivity index (χ2v) is 7.80. The molecule has 1 aromatic rings. The van der Waals surface area contributed by atoms with Gasteiger partial charge in [-0.15, -0.1) is 0 Å². The fourth-order valence-corrected chi connectivity index (χ4v) is 3.83. The number of amides is 2. The molecule has 0 aliphatic carbocycles. The molecule has 1 unspecified atom stereocenters. The summed E-state index contributed by atoms with van der Waals surface area (Å²) < 4.78 is 0.926. The molecule has 26 heavy (non-hydrogen) atoms. The third kappa shape index (κ3) is 4.71. The van der Waals surface area contributed by atoms with Gasteiger partial charge in [0.1, 0.15) is 0 Å². The first-order chi connectivity index (χ1) is 12.6. The molecular weight excluding hydrogens is 396 g/mol. The van der Waals surface area contributed by atoms with E-state index in [4.69, 9.17) is 0 Å². The van der Waals surface area contributed by atoms with Crippen LogP contribution in [-0.2, 0) is 9.59 Å². The quantitative estimate of drug-likeness (QED) is 0.535. The van der Waals surface area contributed by atoms with Crippen molar-refractivity contribution in [1.82, 2.24) is 15.1 Å². The molecule has 0 aromatic heterocycles. The molecule has 2 aliphatic rings. The van der Waals surface area contributed by atoms with Crippen molar-refractivity contribution in [3.8, 4) is 0 Å². The van der Waals surface area contributed by atoms with E-state index in [0.717, 1.165) is 56.7 Å². The molecule has 142 valence electrons. The van der Waals surface area contributed by atoms with E-state index in [-0.39, 0.29) is 18.2 Å². The highest BCUT2D eigenvalue weighted by molar-refractivity contribution is 9.10. The van der Waals surface area contributed by atoms with Crippen LogP contribution in [0.2, 0.25) is 0 Å². The number of likely N-dealkylation sites (N-methyl/N-ethyl adjacent to an activating group) is 1. The number of nitrogens with one attached hydrogen (secondary N) is 1. The molecule has 0 bridgehead atoms. The first-order valence-corrected chi connectivity index (χ1v) is 10.2. The number of benzene rings is 1. The minimum atomic E-state index is -0.400. The number of halogens is 1. The van der Waals surface area contributed by atoms with E-state index in [1.807, 2.05) is 12.1 Å². The zero-order valence-corrected chi connectivity index (χ0v) is 16.9. The van der Waals surface area contributed by atoms with Gasteiger partial charge >= 0.3 is 0 Å². The lowest BCUT2D eigenvalue weighted by Crippen LogP contribution is -2.47. The van der Waals surface area contributed by atoms with Crippen LogP contribution in [0.25, 0.3) is 0 Å². The molecule has 2 aliphatic heterocycles. The lowest BCUT2D eigenvalue weighted by Gasteiger charge is -2.34. The Morgan fingerprint density at radius 3 is 2.38 bits per heavy atom. The van der Waals surface area contributed by atoms with Crippen molar-refractivity contribution in [3.05, 3.63) is 28.7 Å². The van der Waals surface area contributed by atoms with Gasteiger partial charge in [0.2, 0.25) is 5.91 Å². The Labute approximate surface area is 163 Å². The van der Waals surface area contributed by atoms with Crippen LogP contribution in [0, 0.1) is 0 Å². The first-order valence-electron chi connectivity index (χ1n) is 9.39. The number of nitrogens with zero attached hydrogens (tertiary/aromatic N) is 3. The number of rotatable bonds is 7. The summed E-state index contributed by atoms with van der Waals surface area (Å²) in [6, 6.07) is 6.86. The molecule has 1 aromatic carbocycles. The van der Waals surface area contributed by atoms with E-state index in [1.54, 1.807) is 12.1 Å². The van der Waals surface area contributed by atoms with E-state index in [1.165, 1.54) is 4.90 Å². The summed E-state index contributed by atoms with van der Waals surface area (Å²) in [5, 5.41) is 3.27. The van der Waals surface area contributed by atoms with Crippen molar-refractivity contribution < 1.29 is 9.59 Å². The van der Waals surface area contributed by atoms with Gasteiger partial charge in [0.15, 0.2) is 0 Å². The molecule has 0 saturated carbocycles. The fraction of sp³-hybridized carbons (Fsp3) is 0.579. The van der Waals surface area contributed by atoms with Crippen LogP contribution in [-0.4, -0.2) is 73.5 Å². The largest absolute Gasteiger partial charge is 0.305 e. The summed E-state index contributed by atoms with van der Waals surface area (Å²) >= 11 is 3.37. The number of carbonyl (C=O) groups is 2. The maximum absolute atomic E-state index is 12.6. The Morgan fingerprint density at radius 1 is 1.08 bits per heavy atom. The van der Waals surface area contributed by atoms with Crippen LogP contribution in [0.3, 0.4) is 0 Å². The molecule has 7 heteroatoms. The monoisotopic (exact) mass is 422 g/mol. The Morgan fingerprint density at radius 2 is 1.73 bits per heavy atom. The molecule has 2 amide bonds. The van der Waals surface area contributed by atoms with Crippen molar-refractivity contribution in [2.45, 2.75) is 25.8 Å². The molecule has 0 spiro atoms. The van der Waals surface area contributed by atoms with Gasteiger partial charge in [-0.3, -0.25) is 9.59 Å². The normalized spacial score (nSPS) is 22.4. The van der Waals surface area contributed by atoms with Crippen LogP contribution in [0.15, 0.2) is 28.7 Å². The molecule has 3 rings (SSSR count). The third-order valence-corrected chi connectivity index (χ3v) is 5.71. The highest BCUT2D eigenvalue weighted by Crippen LogP contribution is 2.24. The smallest absolute Gasteiger partial charge is 0.251 e. The fourth-order valence-electron chi connectivity index (χ4n) is 3.56. The van der Waals surface area contributed by atoms with Crippen molar-refractivity contribution in [3.63, 3.8) is 0 Å². The van der Waals surface area contributed by atoms with Crippen molar-refractivity contribution in [2.75, 3.05) is 50.7 Å². The van der Waals surface area contributed by atoms with Crippen LogP contribution in [0.4, 0.5) is 5.69 Å². The van der Waals surface area contributed by atoms with E-state index in [0.29, 0.717) is 5.69 Å². The van der Waals surface area contributed by atoms with Gasteiger partial charge in [0, 0.05) is 30.7 Å². The number of piperazine rings is 1. The van der Waals surface area contributed by atoms with Crippen molar-refractivity contribution in [1.29, 1.82) is 0 Å². The molecule has 2 heterocycles. The Balaban J connectivity index is 1.42. The molecule has 2 saturated heterocycles. The predicted molar refractivity (Wildman–Crippen MR) is 106 cm³/mol. The summed E-state index contributed by atoms with van der Waals surface area (Å²) in [4.78, 5) is 31.1. The van der Waals surface area contributed by atoms with Gasteiger partial charge in [0.05, 0.1) is 18.2 Å². The van der Waals surface area contributed by atoms with E-state index < -0.39 is 6.04 Å². The van der Waals surface area contributed by atoms with Gasteiger partial charge in [-0.2, -0.15) is 0 Å². The standard InChI is InChI=1S/C19H27BrN4O2/c1-2-22-10-12-23(13-11-22)9-3-8-21-17-14-18(25)24(19(17)26)16-6-4-15(20)5-7-16/h4-7,17,21H,2-3,8-14H2,1H3. The minimum Gasteiger partial charge on any atom is -0.305 e. The van der Waals surface area contributed by atoms with Crippen molar-refractivity contribution >= 4 is 33.4 Å². The summed E-state index contributed by atoms with van der Waals surface area (Å²) in [5.74, 6) is -0.278. The molecule has 1 atom stereocenters. The summed E-state index contributed by atoms with van der Waals surface area (Å²) in [5.41, 5.74) is 0.640. The number of anilines is 1. The van der Waals surface area contributed by atoms with Crippen LogP contribution in [0.5, 0.6) is 0 Å². The number of imide groups is 1.